The van der Waals surface area contributed by atoms with E-state index in [1.165, 1.54) is 6.08 Å². The number of aryl methyl sites for hydroxylation is 1. The fraction of sp³-hybridized carbons (Fsp3) is 0.462. The topological polar surface area (TPSA) is 52.1 Å². The van der Waals surface area contributed by atoms with Gasteiger partial charge in [-0.15, -0.1) is 0 Å². The molecular weight excluding hydrogens is 216 g/mol. The molecule has 1 heterocycles. The molecule has 0 saturated carbocycles. The maximum Gasteiger partial charge on any atom is 0.331 e. The molecule has 0 atom stereocenters. The molecule has 0 aromatic carbocycles. The average molecular weight is 234 g/mol. The van der Waals surface area contributed by atoms with Gasteiger partial charge in [-0.3, -0.25) is 0 Å². The van der Waals surface area contributed by atoms with Crippen LogP contribution in [0.1, 0.15) is 38.6 Å². The van der Waals surface area contributed by atoms with Crippen molar-refractivity contribution in [3.05, 3.63) is 29.9 Å². The molecule has 0 amide bonds. The number of aromatic nitrogens is 2. The highest BCUT2D eigenvalue weighted by Crippen LogP contribution is 2.13. The van der Waals surface area contributed by atoms with E-state index in [9.17, 15) is 4.79 Å². The zero-order valence-electron chi connectivity index (χ0n) is 10.7. The maximum absolute atomic E-state index is 11.5. The van der Waals surface area contributed by atoms with Crippen molar-refractivity contribution in [2.24, 2.45) is 0 Å². The number of hydrogen-bond donors (Lipinski definition) is 0. The third kappa shape index (κ3) is 4.76. The van der Waals surface area contributed by atoms with E-state index in [1.54, 1.807) is 18.5 Å². The molecule has 0 aliphatic carbocycles. The number of rotatable bonds is 4. The van der Waals surface area contributed by atoms with Crippen LogP contribution in [-0.2, 0) is 9.53 Å². The highest BCUT2D eigenvalue weighted by Gasteiger charge is 2.18. The standard InChI is InChI=1S/C13H18N2O2/c1-5-13(3,4)17-12(16)7-6-11-14-8-10(2)9-15-11/h6-9H,5H2,1-4H3. The second kappa shape index (κ2) is 5.57. The predicted octanol–water partition coefficient (Wildman–Crippen LogP) is 2.53. The Hall–Kier alpha value is -1.71. The van der Waals surface area contributed by atoms with Gasteiger partial charge in [0.1, 0.15) is 5.60 Å². The Balaban J connectivity index is 2.60. The van der Waals surface area contributed by atoms with Crippen LogP contribution in [0, 0.1) is 6.92 Å². The van der Waals surface area contributed by atoms with E-state index in [-0.39, 0.29) is 5.97 Å². The van der Waals surface area contributed by atoms with E-state index < -0.39 is 5.60 Å². The lowest BCUT2D eigenvalue weighted by molar-refractivity contribution is -0.150. The summed E-state index contributed by atoms with van der Waals surface area (Å²) < 4.78 is 5.25. The minimum Gasteiger partial charge on any atom is -0.457 e. The molecule has 0 bridgehead atoms. The van der Waals surface area contributed by atoms with Crippen LogP contribution >= 0.6 is 0 Å². The minimum absolute atomic E-state index is 0.374. The van der Waals surface area contributed by atoms with E-state index in [2.05, 4.69) is 9.97 Å². The lowest BCUT2D eigenvalue weighted by atomic mass is 10.1. The lowest BCUT2D eigenvalue weighted by Crippen LogP contribution is -2.25. The zero-order chi connectivity index (χ0) is 12.9. The molecule has 0 aliphatic rings. The summed E-state index contributed by atoms with van der Waals surface area (Å²) in [7, 11) is 0. The number of carbonyl (C=O) groups is 1. The number of esters is 1. The Morgan fingerprint density at radius 3 is 2.53 bits per heavy atom. The van der Waals surface area contributed by atoms with Gasteiger partial charge in [-0.25, -0.2) is 14.8 Å². The molecule has 0 unspecified atom stereocenters. The third-order valence-corrected chi connectivity index (χ3v) is 2.40. The van der Waals surface area contributed by atoms with E-state index in [1.807, 2.05) is 27.7 Å². The summed E-state index contributed by atoms with van der Waals surface area (Å²) in [5.74, 6) is 0.128. The zero-order valence-corrected chi connectivity index (χ0v) is 10.7. The monoisotopic (exact) mass is 234 g/mol. The Kier molecular flexibility index (Phi) is 4.37. The summed E-state index contributed by atoms with van der Waals surface area (Å²) in [6.07, 6.45) is 7.07. The van der Waals surface area contributed by atoms with Crippen molar-refractivity contribution in [2.45, 2.75) is 39.7 Å². The third-order valence-electron chi connectivity index (χ3n) is 2.40. The summed E-state index contributed by atoms with van der Waals surface area (Å²) in [5.41, 5.74) is 0.548. The van der Waals surface area contributed by atoms with Crippen LogP contribution in [0.3, 0.4) is 0 Å². The molecule has 0 fully saturated rings. The van der Waals surface area contributed by atoms with Gasteiger partial charge < -0.3 is 4.74 Å². The minimum atomic E-state index is -0.435. The van der Waals surface area contributed by atoms with Crippen LogP contribution in [0.5, 0.6) is 0 Å². The Morgan fingerprint density at radius 1 is 1.41 bits per heavy atom. The predicted molar refractivity (Wildman–Crippen MR) is 66.3 cm³/mol. The van der Waals surface area contributed by atoms with Crippen molar-refractivity contribution in [1.29, 1.82) is 0 Å². The Morgan fingerprint density at radius 2 is 2.00 bits per heavy atom. The van der Waals surface area contributed by atoms with Crippen LogP contribution in [0.4, 0.5) is 0 Å². The van der Waals surface area contributed by atoms with Gasteiger partial charge in [0.05, 0.1) is 0 Å². The fourth-order valence-corrected chi connectivity index (χ4v) is 1.01. The highest BCUT2D eigenvalue weighted by atomic mass is 16.6. The van der Waals surface area contributed by atoms with Crippen LogP contribution < -0.4 is 0 Å². The number of carbonyl (C=O) groups excluding carboxylic acids is 1. The number of ether oxygens (including phenoxy) is 1. The summed E-state index contributed by atoms with van der Waals surface area (Å²) in [4.78, 5) is 19.6. The Bertz CT molecular complexity index is 408. The van der Waals surface area contributed by atoms with Gasteiger partial charge in [-0.1, -0.05) is 6.92 Å². The molecule has 4 nitrogen and oxygen atoms in total. The molecule has 92 valence electrons. The summed E-state index contributed by atoms with van der Waals surface area (Å²) >= 11 is 0. The van der Waals surface area contributed by atoms with E-state index in [0.29, 0.717) is 5.82 Å². The van der Waals surface area contributed by atoms with Gasteiger partial charge in [-0.2, -0.15) is 0 Å². The van der Waals surface area contributed by atoms with Crippen molar-refractivity contribution in [2.75, 3.05) is 0 Å². The highest BCUT2D eigenvalue weighted by molar-refractivity contribution is 5.86. The van der Waals surface area contributed by atoms with Gasteiger partial charge in [0.2, 0.25) is 0 Å². The average Bonchev–Trinajstić information content (AvgIpc) is 2.28. The first-order chi connectivity index (χ1) is 7.93. The first kappa shape index (κ1) is 13.4. The second-order valence-electron chi connectivity index (χ2n) is 4.49. The first-order valence-corrected chi connectivity index (χ1v) is 5.62. The number of hydrogen-bond acceptors (Lipinski definition) is 4. The molecule has 1 aromatic heterocycles. The molecule has 1 rings (SSSR count). The normalized spacial score (nSPS) is 11.8. The lowest BCUT2D eigenvalue weighted by Gasteiger charge is -2.22. The van der Waals surface area contributed by atoms with Crippen molar-refractivity contribution in [1.82, 2.24) is 9.97 Å². The molecule has 1 aromatic rings. The second-order valence-corrected chi connectivity index (χ2v) is 4.49. The first-order valence-electron chi connectivity index (χ1n) is 5.62. The summed E-state index contributed by atoms with van der Waals surface area (Å²) in [6, 6.07) is 0. The molecule has 0 saturated heterocycles. The number of nitrogens with zero attached hydrogens (tertiary/aromatic N) is 2. The summed E-state index contributed by atoms with van der Waals surface area (Å²) in [5, 5.41) is 0. The molecule has 0 radical (unpaired) electrons. The smallest absolute Gasteiger partial charge is 0.331 e. The van der Waals surface area contributed by atoms with Crippen LogP contribution in [0.25, 0.3) is 6.08 Å². The largest absolute Gasteiger partial charge is 0.457 e. The molecule has 17 heavy (non-hydrogen) atoms. The SMILES string of the molecule is CCC(C)(C)OC(=O)C=Cc1ncc(C)cn1. The Labute approximate surface area is 102 Å². The summed E-state index contributed by atoms with van der Waals surface area (Å²) in [6.45, 7) is 7.63. The van der Waals surface area contributed by atoms with E-state index in [4.69, 9.17) is 4.74 Å². The van der Waals surface area contributed by atoms with Crippen LogP contribution in [0.15, 0.2) is 18.5 Å². The van der Waals surface area contributed by atoms with Crippen molar-refractivity contribution < 1.29 is 9.53 Å². The van der Waals surface area contributed by atoms with Crippen molar-refractivity contribution in [3.63, 3.8) is 0 Å². The van der Waals surface area contributed by atoms with Gasteiger partial charge in [0.15, 0.2) is 5.82 Å². The molecule has 0 aliphatic heterocycles. The van der Waals surface area contributed by atoms with Gasteiger partial charge >= 0.3 is 5.97 Å². The quantitative estimate of drug-likeness (QED) is 0.593. The molecule has 0 N–H and O–H groups in total. The molecule has 0 spiro atoms. The van der Waals surface area contributed by atoms with E-state index >= 15 is 0 Å². The van der Waals surface area contributed by atoms with Crippen molar-refractivity contribution in [3.8, 4) is 0 Å². The molecule has 4 heteroatoms. The van der Waals surface area contributed by atoms with Crippen LogP contribution in [-0.4, -0.2) is 21.5 Å². The van der Waals surface area contributed by atoms with Crippen LogP contribution in [0.2, 0.25) is 0 Å². The van der Waals surface area contributed by atoms with E-state index in [0.717, 1.165) is 12.0 Å². The maximum atomic E-state index is 11.5. The van der Waals surface area contributed by atoms with Crippen molar-refractivity contribution >= 4 is 12.0 Å². The fourth-order valence-electron chi connectivity index (χ4n) is 1.01. The molecular formula is C13H18N2O2. The van der Waals surface area contributed by atoms with Gasteiger partial charge in [-0.05, 0) is 38.8 Å². The van der Waals surface area contributed by atoms with Gasteiger partial charge in [0.25, 0.3) is 0 Å². The van der Waals surface area contributed by atoms with Gasteiger partial charge in [0, 0.05) is 18.5 Å².